The molecule has 10 nitrogen and oxygen atoms in total. The molecule has 1 aliphatic heterocycles. The lowest BCUT2D eigenvalue weighted by Crippen LogP contribution is -2.34. The van der Waals surface area contributed by atoms with E-state index in [1.807, 2.05) is 0 Å². The molecule has 2 rings (SSSR count). The van der Waals surface area contributed by atoms with Crippen molar-refractivity contribution in [3.8, 4) is 5.88 Å². The number of aromatic hydroxyl groups is 1. The zero-order valence-corrected chi connectivity index (χ0v) is 15.3. The van der Waals surface area contributed by atoms with E-state index in [4.69, 9.17) is 15.2 Å². The first kappa shape index (κ1) is 21.1. The summed E-state index contributed by atoms with van der Waals surface area (Å²) in [5, 5.41) is 30.2. The molecule has 2 heterocycles. The number of hydrogen-bond donors (Lipinski definition) is 4. The Morgan fingerprint density at radius 1 is 1.26 bits per heavy atom. The normalized spacial score (nSPS) is 24.9. The van der Waals surface area contributed by atoms with E-state index in [1.165, 1.54) is 0 Å². The first-order valence-electron chi connectivity index (χ1n) is 9.09. The Labute approximate surface area is 156 Å². The lowest BCUT2D eigenvalue weighted by molar-refractivity contribution is -0.150. The molecule has 1 saturated heterocycles. The zero-order valence-electron chi connectivity index (χ0n) is 15.3. The number of hydrogen-bond acceptors (Lipinski definition) is 8. The Kier molecular flexibility index (Phi) is 7.57. The van der Waals surface area contributed by atoms with E-state index in [1.54, 1.807) is 0 Å². The summed E-state index contributed by atoms with van der Waals surface area (Å²) in [5.74, 6) is -1.92. The maximum absolute atomic E-state index is 11.8. The topological polar surface area (TPSA) is 157 Å². The second-order valence-corrected chi connectivity index (χ2v) is 6.58. The fourth-order valence-electron chi connectivity index (χ4n) is 2.93. The van der Waals surface area contributed by atoms with Gasteiger partial charge in [-0.15, -0.1) is 0 Å². The van der Waals surface area contributed by atoms with Gasteiger partial charge in [0.2, 0.25) is 5.88 Å². The Morgan fingerprint density at radius 2 is 1.96 bits per heavy atom. The van der Waals surface area contributed by atoms with Gasteiger partial charge in [0.15, 0.2) is 11.9 Å². The van der Waals surface area contributed by atoms with Crippen LogP contribution in [0, 0.1) is 0 Å². The molecule has 1 aliphatic rings. The van der Waals surface area contributed by atoms with E-state index in [9.17, 15) is 24.9 Å². The number of rotatable bonds is 10. The molecule has 0 spiro atoms. The van der Waals surface area contributed by atoms with E-state index in [2.05, 4.69) is 11.9 Å². The number of ether oxygens (including phenoxy) is 2. The van der Waals surface area contributed by atoms with Crippen LogP contribution in [0.1, 0.15) is 62.2 Å². The highest BCUT2D eigenvalue weighted by Crippen LogP contribution is 2.33. The number of imidazole rings is 1. The highest BCUT2D eigenvalue weighted by Gasteiger charge is 2.45. The molecule has 0 radical (unpaired) electrons. The molecule has 152 valence electrons. The number of carbonyl (C=O) groups excluding carboxylic acids is 2. The minimum absolute atomic E-state index is 0.235. The monoisotopic (exact) mass is 385 g/mol. The van der Waals surface area contributed by atoms with Crippen molar-refractivity contribution in [2.75, 3.05) is 6.61 Å². The van der Waals surface area contributed by atoms with Crippen LogP contribution in [0.5, 0.6) is 5.88 Å². The van der Waals surface area contributed by atoms with Gasteiger partial charge in [-0.25, -0.2) is 4.98 Å². The number of nitrogens with two attached hydrogens (primary N) is 1. The maximum Gasteiger partial charge on any atom is 0.305 e. The van der Waals surface area contributed by atoms with Gasteiger partial charge in [0.05, 0.1) is 0 Å². The quantitative estimate of drug-likeness (QED) is 0.329. The molecule has 10 heteroatoms. The highest BCUT2D eigenvalue weighted by molar-refractivity contribution is 5.93. The van der Waals surface area contributed by atoms with Crippen LogP contribution in [0.3, 0.4) is 0 Å². The summed E-state index contributed by atoms with van der Waals surface area (Å²) in [4.78, 5) is 26.6. The average molecular weight is 385 g/mol. The first-order chi connectivity index (χ1) is 12.9. The van der Waals surface area contributed by atoms with E-state index in [0.717, 1.165) is 43.0 Å². The van der Waals surface area contributed by atoms with Crippen molar-refractivity contribution in [3.63, 3.8) is 0 Å². The molecule has 5 N–H and O–H groups in total. The number of amides is 1. The number of primary amides is 1. The molecule has 4 atom stereocenters. The maximum atomic E-state index is 11.8. The molecule has 1 aromatic heterocycles. The predicted molar refractivity (Wildman–Crippen MR) is 92.7 cm³/mol. The van der Waals surface area contributed by atoms with Crippen LogP contribution in [0.15, 0.2) is 6.33 Å². The summed E-state index contributed by atoms with van der Waals surface area (Å²) in [5.41, 5.74) is 4.70. The molecule has 0 saturated carbocycles. The Hall–Kier alpha value is -2.17. The molecule has 1 amide bonds. The molecule has 4 unspecified atom stereocenters. The number of carbonyl (C=O) groups is 2. The van der Waals surface area contributed by atoms with Crippen LogP contribution >= 0.6 is 0 Å². The van der Waals surface area contributed by atoms with Gasteiger partial charge in [-0.05, 0) is 6.42 Å². The number of aromatic nitrogens is 2. The molecule has 27 heavy (non-hydrogen) atoms. The van der Waals surface area contributed by atoms with Crippen molar-refractivity contribution in [1.29, 1.82) is 0 Å². The van der Waals surface area contributed by atoms with Crippen molar-refractivity contribution in [2.24, 2.45) is 5.73 Å². The second-order valence-electron chi connectivity index (χ2n) is 6.58. The summed E-state index contributed by atoms with van der Waals surface area (Å²) >= 11 is 0. The van der Waals surface area contributed by atoms with Gasteiger partial charge < -0.3 is 30.5 Å². The first-order valence-corrected chi connectivity index (χ1v) is 9.09. The van der Waals surface area contributed by atoms with Gasteiger partial charge in [-0.3, -0.25) is 14.2 Å². The molecule has 1 fully saturated rings. The van der Waals surface area contributed by atoms with Gasteiger partial charge >= 0.3 is 5.97 Å². The number of unbranched alkanes of at least 4 members (excludes halogenated alkanes) is 4. The van der Waals surface area contributed by atoms with Crippen molar-refractivity contribution < 1.29 is 34.4 Å². The number of esters is 1. The van der Waals surface area contributed by atoms with E-state index in [-0.39, 0.29) is 18.7 Å². The van der Waals surface area contributed by atoms with E-state index >= 15 is 0 Å². The van der Waals surface area contributed by atoms with Gasteiger partial charge in [0.25, 0.3) is 5.91 Å². The van der Waals surface area contributed by atoms with E-state index in [0.29, 0.717) is 0 Å². The standard InChI is InChI=1S/C17H27N3O7/c1-2-3-4-5-6-7-11(21)26-8-10-13(22)14(23)17(27-10)20-9-19-12(15(18)24)16(20)25/h9-10,13-14,17,22-23,25H,2-8H2,1H3,(H2,18,24). The molecular weight excluding hydrogens is 358 g/mol. The smallest absolute Gasteiger partial charge is 0.305 e. The summed E-state index contributed by atoms with van der Waals surface area (Å²) in [6.07, 6.45) is 1.44. The predicted octanol–water partition coefficient (Wildman–Crippen LogP) is 0.210. The largest absolute Gasteiger partial charge is 0.493 e. The average Bonchev–Trinajstić information content (AvgIpc) is 3.14. The van der Waals surface area contributed by atoms with Gasteiger partial charge in [-0.2, -0.15) is 0 Å². The third-order valence-electron chi connectivity index (χ3n) is 4.51. The lowest BCUT2D eigenvalue weighted by atomic mass is 10.1. The van der Waals surface area contributed by atoms with Gasteiger partial charge in [0.1, 0.15) is 31.2 Å². The minimum atomic E-state index is -1.41. The van der Waals surface area contributed by atoms with Crippen molar-refractivity contribution in [2.45, 2.75) is 70.0 Å². The molecule has 0 aliphatic carbocycles. The molecule has 0 aromatic carbocycles. The van der Waals surface area contributed by atoms with Crippen LogP contribution in [0.2, 0.25) is 0 Å². The van der Waals surface area contributed by atoms with Gasteiger partial charge in [-0.1, -0.05) is 32.6 Å². The van der Waals surface area contributed by atoms with Crippen molar-refractivity contribution in [1.82, 2.24) is 9.55 Å². The Bertz CT molecular complexity index is 648. The summed E-state index contributed by atoms with van der Waals surface area (Å²) in [7, 11) is 0. The molecule has 0 bridgehead atoms. The Morgan fingerprint density at radius 3 is 2.59 bits per heavy atom. The number of aliphatic hydroxyl groups is 2. The van der Waals surface area contributed by atoms with E-state index < -0.39 is 42.3 Å². The molecular formula is C17H27N3O7. The molecule has 1 aromatic rings. The summed E-state index contributed by atoms with van der Waals surface area (Å²) in [6.45, 7) is 1.88. The Balaban J connectivity index is 1.86. The third-order valence-corrected chi connectivity index (χ3v) is 4.51. The summed E-state index contributed by atoms with van der Waals surface area (Å²) in [6, 6.07) is 0. The SMILES string of the molecule is CCCCCCCC(=O)OCC1OC(n2cnc(C(N)=O)c2O)C(O)C1O. The van der Waals surface area contributed by atoms with Crippen molar-refractivity contribution in [3.05, 3.63) is 12.0 Å². The fourth-order valence-corrected chi connectivity index (χ4v) is 2.93. The summed E-state index contributed by atoms with van der Waals surface area (Å²) < 4.78 is 11.6. The minimum Gasteiger partial charge on any atom is -0.493 e. The lowest BCUT2D eigenvalue weighted by Gasteiger charge is -2.16. The van der Waals surface area contributed by atoms with Crippen molar-refractivity contribution >= 4 is 11.9 Å². The number of aliphatic hydroxyl groups excluding tert-OH is 2. The highest BCUT2D eigenvalue weighted by atomic mass is 16.6. The third kappa shape index (κ3) is 5.18. The van der Waals surface area contributed by atoms with Crippen LogP contribution < -0.4 is 5.73 Å². The van der Waals surface area contributed by atoms with Crippen LogP contribution in [-0.2, 0) is 14.3 Å². The van der Waals surface area contributed by atoms with Crippen LogP contribution in [-0.4, -0.2) is 61.7 Å². The fraction of sp³-hybridized carbons (Fsp3) is 0.706. The van der Waals surface area contributed by atoms with Crippen LogP contribution in [0.25, 0.3) is 0 Å². The second kappa shape index (κ2) is 9.67. The van der Waals surface area contributed by atoms with Crippen LogP contribution in [0.4, 0.5) is 0 Å². The number of nitrogens with zero attached hydrogens (tertiary/aromatic N) is 2. The van der Waals surface area contributed by atoms with Gasteiger partial charge in [0, 0.05) is 6.42 Å². The zero-order chi connectivity index (χ0) is 20.0.